The average Bonchev–Trinajstić information content (AvgIpc) is 1.46. The molecule has 1 unspecified atom stereocenters. The molecule has 0 fully saturated rings. The molecule has 24 rings (SSSR count). The van der Waals surface area contributed by atoms with Gasteiger partial charge in [0.1, 0.15) is 23.0 Å². The molecule has 0 saturated heterocycles. The zero-order valence-corrected chi connectivity index (χ0v) is 61.6. The summed E-state index contributed by atoms with van der Waals surface area (Å²) in [7, 11) is 0. The van der Waals surface area contributed by atoms with Gasteiger partial charge in [0.05, 0.1) is 33.4 Å². The van der Waals surface area contributed by atoms with E-state index in [0.29, 0.717) is 11.6 Å². The van der Waals surface area contributed by atoms with Gasteiger partial charge in [-0.1, -0.05) is 370 Å². The molecule has 4 aliphatic rings. The van der Waals surface area contributed by atoms with Crippen LogP contribution in [0.25, 0.3) is 166 Å². The van der Waals surface area contributed by atoms with E-state index in [4.69, 9.17) is 29.4 Å². The van der Waals surface area contributed by atoms with Crippen molar-refractivity contribution in [2.45, 2.75) is 10.8 Å². The van der Waals surface area contributed by atoms with E-state index in [1.807, 2.05) is 30.3 Å². The van der Waals surface area contributed by atoms with Gasteiger partial charge >= 0.3 is 0 Å². The summed E-state index contributed by atoms with van der Waals surface area (Å²) < 4.78 is 14.9. The van der Waals surface area contributed by atoms with Crippen LogP contribution in [0.2, 0.25) is 0 Å². The van der Waals surface area contributed by atoms with Crippen molar-refractivity contribution in [2.75, 3.05) is 0 Å². The van der Waals surface area contributed by atoms with E-state index in [0.717, 1.165) is 172 Å². The van der Waals surface area contributed by atoms with Gasteiger partial charge in [0.2, 0.25) is 0 Å². The maximum atomic E-state index is 7.62. The van der Waals surface area contributed by atoms with Crippen molar-refractivity contribution >= 4 is 54.0 Å². The highest BCUT2D eigenvalue weighted by Crippen LogP contribution is 2.67. The summed E-state index contributed by atoms with van der Waals surface area (Å²) in [5.41, 5.74) is 28.1. The smallest absolute Gasteiger partial charge is 0.160 e. The predicted molar refractivity (Wildman–Crippen MR) is 463 cm³/mol. The van der Waals surface area contributed by atoms with Crippen molar-refractivity contribution in [3.8, 4) is 135 Å². The third kappa shape index (κ3) is 9.31. The van der Waals surface area contributed by atoms with E-state index in [9.17, 15) is 0 Å². The molecule has 2 aromatic heterocycles. The lowest BCUT2D eigenvalue weighted by molar-refractivity contribution is 0.447. The van der Waals surface area contributed by atoms with Gasteiger partial charge in [-0.15, -0.1) is 0 Å². The highest BCUT2D eigenvalue weighted by Gasteiger charge is 2.54. The van der Waals surface area contributed by atoms with Crippen LogP contribution in [0.1, 0.15) is 44.5 Å². The van der Waals surface area contributed by atoms with E-state index in [1.54, 1.807) is 0 Å². The van der Waals surface area contributed by atoms with Crippen molar-refractivity contribution in [1.82, 2.24) is 19.9 Å². The normalized spacial score (nSPS) is 14.2. The zero-order chi connectivity index (χ0) is 74.7. The lowest BCUT2D eigenvalue weighted by Gasteiger charge is -2.40. The fraction of sp³-hybridized carbons (Fsp3) is 0.0185. The second kappa shape index (κ2) is 24.8. The number of nitrogens with zero attached hydrogens (tertiary/aromatic N) is 4. The number of hydrogen-bond acceptors (Lipinski definition) is 6. The Balaban J connectivity index is 0.598. The summed E-state index contributed by atoms with van der Waals surface area (Å²) in [6, 6.07) is 141. The number of rotatable bonds is 8. The number of benzene rings is 18. The number of ether oxygens (including phenoxy) is 2. The third-order valence-electron chi connectivity index (χ3n) is 24.6. The highest BCUT2D eigenvalue weighted by molar-refractivity contribution is 6.06. The molecule has 0 amide bonds. The molecule has 2 aliphatic heterocycles. The van der Waals surface area contributed by atoms with Crippen LogP contribution in [0.3, 0.4) is 0 Å². The summed E-state index contributed by atoms with van der Waals surface area (Å²) in [5, 5.41) is 9.84. The van der Waals surface area contributed by atoms with Crippen molar-refractivity contribution < 1.29 is 9.47 Å². The Morgan fingerprint density at radius 3 is 1.04 bits per heavy atom. The molecule has 20 aromatic rings. The van der Waals surface area contributed by atoms with Crippen molar-refractivity contribution in [3.63, 3.8) is 0 Å². The molecule has 0 N–H and O–H groups in total. The van der Waals surface area contributed by atoms with Gasteiger partial charge in [-0.25, -0.2) is 19.9 Å². The monoisotopic (exact) mass is 1450 g/mol. The summed E-state index contributed by atoms with van der Waals surface area (Å²) in [6.45, 7) is 0. The molecule has 528 valence electrons. The van der Waals surface area contributed by atoms with Gasteiger partial charge in [-0.05, 0) is 118 Å². The van der Waals surface area contributed by atoms with Crippen molar-refractivity contribution in [3.05, 3.63) is 433 Å². The first-order valence-electron chi connectivity index (χ1n) is 39.1. The van der Waals surface area contributed by atoms with Crippen LogP contribution in [-0.4, -0.2) is 19.9 Å². The maximum Gasteiger partial charge on any atom is 0.160 e. The Labute approximate surface area is 657 Å². The lowest BCUT2D eigenvalue weighted by atomic mass is 9.65. The molecule has 6 nitrogen and oxygen atoms in total. The second-order valence-corrected chi connectivity index (χ2v) is 30.5. The molecule has 1 atom stereocenters. The van der Waals surface area contributed by atoms with Crippen LogP contribution in [0.4, 0.5) is 0 Å². The van der Waals surface area contributed by atoms with E-state index in [1.165, 1.54) is 50.1 Å². The quantitative estimate of drug-likeness (QED) is 0.151. The minimum absolute atomic E-state index is 0.659. The summed E-state index contributed by atoms with van der Waals surface area (Å²) in [4.78, 5) is 21.0. The number of aromatic nitrogens is 4. The van der Waals surface area contributed by atoms with Gasteiger partial charge in [0, 0.05) is 77.0 Å². The first kappa shape index (κ1) is 63.9. The van der Waals surface area contributed by atoms with E-state index in [-0.39, 0.29) is 0 Å². The summed E-state index contributed by atoms with van der Waals surface area (Å²) in [6.07, 6.45) is 0. The van der Waals surface area contributed by atoms with Crippen LogP contribution in [0, 0.1) is 0 Å². The second-order valence-electron chi connectivity index (χ2n) is 30.5. The maximum absolute atomic E-state index is 7.62. The van der Waals surface area contributed by atoms with Crippen LogP contribution < -0.4 is 9.47 Å². The number of para-hydroxylation sites is 1. The van der Waals surface area contributed by atoms with Crippen LogP contribution in [0.15, 0.2) is 388 Å². The lowest BCUT2D eigenvalue weighted by Crippen LogP contribution is -2.32. The summed E-state index contributed by atoms with van der Waals surface area (Å²) in [5.74, 6) is 4.91. The molecular weight excluding hydrogens is 1390 g/mol. The van der Waals surface area contributed by atoms with E-state index >= 15 is 0 Å². The molecule has 6 heteroatoms. The van der Waals surface area contributed by atoms with Crippen molar-refractivity contribution in [1.29, 1.82) is 0 Å². The molecule has 0 saturated carbocycles. The fourth-order valence-corrected chi connectivity index (χ4v) is 19.5. The first-order valence-corrected chi connectivity index (χ1v) is 39.1. The van der Waals surface area contributed by atoms with Crippen molar-refractivity contribution in [2.24, 2.45) is 0 Å². The molecule has 0 radical (unpaired) electrons. The van der Waals surface area contributed by atoms with Gasteiger partial charge in [0.25, 0.3) is 0 Å². The summed E-state index contributed by atoms with van der Waals surface area (Å²) >= 11 is 0. The SMILES string of the molecule is c1ccc(-c2nc(-c3ccc(-c4ccc5ccc6c(c5c4)Oc4c(ccc5ccccc45)C64c5ccccc5-c5c(-c6ccc(-c7nc(-c8ccccc8)nc8ccccc78)cc6)cccc54)cc3)cc(-c3ccc(-c4cccc5c4-c4ccccc4C54c5ccc6ccccc6c5Oc5c4ccc4ccccc54)cc3)n2)cc1. The Kier molecular flexibility index (Phi) is 13.9. The minimum atomic E-state index is -0.746. The minimum Gasteiger partial charge on any atom is -0.455 e. The number of hydrogen-bond donors (Lipinski definition) is 0. The average molecular weight is 1450 g/mol. The Morgan fingerprint density at radius 1 is 0.193 bits per heavy atom. The Bertz CT molecular complexity index is 7380. The Hall–Kier alpha value is -15.0. The molecule has 2 aliphatic carbocycles. The third-order valence-corrected chi connectivity index (χ3v) is 24.6. The zero-order valence-electron chi connectivity index (χ0n) is 61.6. The first-order chi connectivity index (χ1) is 56.5. The fourth-order valence-electron chi connectivity index (χ4n) is 19.5. The van der Waals surface area contributed by atoms with Gasteiger partial charge < -0.3 is 9.47 Å². The van der Waals surface area contributed by atoms with E-state index in [2.05, 4.69) is 358 Å². The topological polar surface area (TPSA) is 70.0 Å². The van der Waals surface area contributed by atoms with E-state index < -0.39 is 10.8 Å². The number of fused-ring (bicyclic) bond motifs is 27. The van der Waals surface area contributed by atoms with Crippen LogP contribution in [0.5, 0.6) is 23.0 Å². The standard InChI is InChI=1S/C108H64N4O2/c1-3-24-75(25-4-1)105-110-96(64-97(111-105)73-50-43-69(44-51-73)78-34-19-38-89-98(78)83-31-13-16-36-87(83)107(89)91-59-55-66-21-7-10-28-80(66)101(91)113-102-81-29-11-8-22-67(81)56-60-92(102)107)72-48-41-65(42-49-72)77-54-47-71-58-62-94-104(86(71)63-77)114-103-82-30-12-9-23-68(82)57-61-93(103)108(94)88-37-17-14-32-84(88)99-79(35-20-39-90(99)108)70-45-52-74(53-46-70)100-85-33-15-18-40-95(85)109-106(112-100)76-26-5-2-6-27-76/h1-64H. The molecule has 4 heterocycles. The molecular formula is C108H64N4O2. The highest BCUT2D eigenvalue weighted by atomic mass is 16.5. The van der Waals surface area contributed by atoms with Crippen LogP contribution in [-0.2, 0) is 10.8 Å². The molecule has 2 spiro atoms. The predicted octanol–water partition coefficient (Wildman–Crippen LogP) is 27.3. The molecule has 18 aromatic carbocycles. The van der Waals surface area contributed by atoms with Gasteiger partial charge in [-0.3, -0.25) is 0 Å². The Morgan fingerprint density at radius 2 is 0.544 bits per heavy atom. The molecule has 0 bridgehead atoms. The molecule has 114 heavy (non-hydrogen) atoms. The van der Waals surface area contributed by atoms with Crippen LogP contribution >= 0.6 is 0 Å². The van der Waals surface area contributed by atoms with Gasteiger partial charge in [-0.2, -0.15) is 0 Å². The largest absolute Gasteiger partial charge is 0.455 e. The van der Waals surface area contributed by atoms with Gasteiger partial charge in [0.15, 0.2) is 11.6 Å².